The van der Waals surface area contributed by atoms with Gasteiger partial charge in [0.1, 0.15) is 11.4 Å². The number of rotatable bonds is 5. The van der Waals surface area contributed by atoms with Crippen LogP contribution in [0.15, 0.2) is 65.8 Å². The molecule has 0 unspecified atom stereocenters. The van der Waals surface area contributed by atoms with Gasteiger partial charge >= 0.3 is 0 Å². The molecule has 23 heavy (non-hydrogen) atoms. The lowest BCUT2D eigenvalue weighted by atomic mass is 10.0. The maximum Gasteiger partial charge on any atom is 0.209 e. The van der Waals surface area contributed by atoms with Crippen molar-refractivity contribution in [3.05, 3.63) is 60.7 Å². The molecule has 0 saturated heterocycles. The van der Waals surface area contributed by atoms with Crippen molar-refractivity contribution in [3.8, 4) is 28.6 Å². The second kappa shape index (κ2) is 7.52. The van der Waals surface area contributed by atoms with Crippen LogP contribution in [-0.4, -0.2) is 20.9 Å². The van der Waals surface area contributed by atoms with Crippen LogP contribution < -0.4 is 0 Å². The first-order chi connectivity index (χ1) is 11.4. The van der Waals surface area contributed by atoms with E-state index >= 15 is 0 Å². The fourth-order valence-electron chi connectivity index (χ4n) is 2.15. The number of aromatic nitrogens is 3. The molecule has 3 aromatic rings. The Labute approximate surface area is 139 Å². The minimum Gasteiger partial charge on any atom is -0.219 e. The average Bonchev–Trinajstić information content (AvgIpc) is 2.63. The van der Waals surface area contributed by atoms with Crippen molar-refractivity contribution in [1.82, 2.24) is 15.2 Å². The fourth-order valence-corrected chi connectivity index (χ4v) is 2.78. The summed E-state index contributed by atoms with van der Waals surface area (Å²) in [5.41, 5.74) is 3.57. The van der Waals surface area contributed by atoms with Crippen LogP contribution in [0.25, 0.3) is 22.5 Å². The van der Waals surface area contributed by atoms with E-state index in [9.17, 15) is 0 Å². The molecule has 0 amide bonds. The van der Waals surface area contributed by atoms with Gasteiger partial charge in [0.05, 0.1) is 6.07 Å². The Morgan fingerprint density at radius 3 is 2.04 bits per heavy atom. The van der Waals surface area contributed by atoms with Crippen molar-refractivity contribution in [3.63, 3.8) is 0 Å². The highest BCUT2D eigenvalue weighted by molar-refractivity contribution is 7.99. The molecular formula is C18H14N4S. The van der Waals surface area contributed by atoms with E-state index in [-0.39, 0.29) is 0 Å². The number of thioether (sulfide) groups is 1. The molecule has 5 heteroatoms. The molecule has 0 aliphatic carbocycles. The topological polar surface area (TPSA) is 62.5 Å². The van der Waals surface area contributed by atoms with Crippen molar-refractivity contribution < 1.29 is 0 Å². The monoisotopic (exact) mass is 318 g/mol. The molecular weight excluding hydrogens is 304 g/mol. The molecule has 0 saturated carbocycles. The first-order valence-corrected chi connectivity index (χ1v) is 8.22. The lowest BCUT2D eigenvalue weighted by molar-refractivity contribution is 0.850. The first-order valence-electron chi connectivity index (χ1n) is 7.24. The summed E-state index contributed by atoms with van der Waals surface area (Å²) in [7, 11) is 0. The van der Waals surface area contributed by atoms with Gasteiger partial charge in [-0.25, -0.2) is 4.98 Å². The molecule has 1 aromatic heterocycles. The van der Waals surface area contributed by atoms with E-state index in [1.54, 1.807) is 0 Å². The molecule has 0 bridgehead atoms. The summed E-state index contributed by atoms with van der Waals surface area (Å²) in [5.74, 6) is 0.664. The lowest BCUT2D eigenvalue weighted by Gasteiger charge is -2.09. The second-order valence-corrected chi connectivity index (χ2v) is 5.84. The first kappa shape index (κ1) is 15.2. The molecule has 1 heterocycles. The number of nitriles is 1. The second-order valence-electron chi connectivity index (χ2n) is 4.78. The Morgan fingerprint density at radius 2 is 1.43 bits per heavy atom. The van der Waals surface area contributed by atoms with E-state index in [0.717, 1.165) is 22.5 Å². The molecule has 0 fully saturated rings. The van der Waals surface area contributed by atoms with Gasteiger partial charge < -0.3 is 0 Å². The molecule has 3 rings (SSSR count). The predicted molar refractivity (Wildman–Crippen MR) is 91.7 cm³/mol. The average molecular weight is 318 g/mol. The van der Waals surface area contributed by atoms with Gasteiger partial charge in [0, 0.05) is 23.3 Å². The van der Waals surface area contributed by atoms with E-state index in [1.807, 2.05) is 60.7 Å². The normalized spacial score (nSPS) is 10.2. The zero-order chi connectivity index (χ0) is 15.9. The summed E-state index contributed by atoms with van der Waals surface area (Å²) in [4.78, 5) is 4.67. The van der Waals surface area contributed by atoms with E-state index < -0.39 is 0 Å². The quantitative estimate of drug-likeness (QED) is 0.521. The summed E-state index contributed by atoms with van der Waals surface area (Å²) in [6, 6.07) is 22.0. The minimum atomic E-state index is 0.467. The zero-order valence-corrected chi connectivity index (χ0v) is 13.2. The highest BCUT2D eigenvalue weighted by Crippen LogP contribution is 2.29. The molecule has 4 nitrogen and oxygen atoms in total. The van der Waals surface area contributed by atoms with Gasteiger partial charge in [-0.15, -0.1) is 10.2 Å². The van der Waals surface area contributed by atoms with Crippen LogP contribution in [0.4, 0.5) is 0 Å². The van der Waals surface area contributed by atoms with Crippen LogP contribution in [0.5, 0.6) is 0 Å². The standard InChI is InChI=1S/C18H14N4S/c19-12-7-13-23-18-20-16(14-8-3-1-4-9-14)17(21-22-18)15-10-5-2-6-11-15/h1-6,8-11H,7,13H2. The zero-order valence-electron chi connectivity index (χ0n) is 12.4. The molecule has 0 atom stereocenters. The van der Waals surface area contributed by atoms with Crippen LogP contribution >= 0.6 is 11.8 Å². The van der Waals surface area contributed by atoms with Crippen molar-refractivity contribution in [2.75, 3.05) is 5.75 Å². The minimum absolute atomic E-state index is 0.467. The van der Waals surface area contributed by atoms with Gasteiger partial charge in [0.25, 0.3) is 0 Å². The van der Waals surface area contributed by atoms with Gasteiger partial charge in [-0.2, -0.15) is 5.26 Å². The van der Waals surface area contributed by atoms with E-state index in [4.69, 9.17) is 5.26 Å². The van der Waals surface area contributed by atoms with Crippen molar-refractivity contribution >= 4 is 11.8 Å². The Hall–Kier alpha value is -2.71. The molecule has 2 aromatic carbocycles. The number of hydrogen-bond acceptors (Lipinski definition) is 5. The fraction of sp³-hybridized carbons (Fsp3) is 0.111. The van der Waals surface area contributed by atoms with Gasteiger partial charge in [0.15, 0.2) is 0 Å². The van der Waals surface area contributed by atoms with Crippen molar-refractivity contribution in [2.24, 2.45) is 0 Å². The van der Waals surface area contributed by atoms with Crippen molar-refractivity contribution in [1.29, 1.82) is 5.26 Å². The summed E-state index contributed by atoms with van der Waals surface area (Å²) in [6.45, 7) is 0. The van der Waals surface area contributed by atoms with Gasteiger partial charge in [-0.05, 0) is 0 Å². The third-order valence-electron chi connectivity index (χ3n) is 3.21. The smallest absolute Gasteiger partial charge is 0.209 e. The van der Waals surface area contributed by atoms with Crippen molar-refractivity contribution in [2.45, 2.75) is 11.6 Å². The third kappa shape index (κ3) is 3.74. The summed E-state index contributed by atoms with van der Waals surface area (Å²) in [6.07, 6.45) is 0.467. The maximum absolute atomic E-state index is 8.65. The summed E-state index contributed by atoms with van der Waals surface area (Å²) < 4.78 is 0. The van der Waals surface area contributed by atoms with Crippen LogP contribution in [0.2, 0.25) is 0 Å². The van der Waals surface area contributed by atoms with Crippen LogP contribution in [0, 0.1) is 11.3 Å². The van der Waals surface area contributed by atoms with Crippen LogP contribution in [-0.2, 0) is 0 Å². The molecule has 0 aliphatic heterocycles. The summed E-state index contributed by atoms with van der Waals surface area (Å²) >= 11 is 1.45. The highest BCUT2D eigenvalue weighted by atomic mass is 32.2. The predicted octanol–water partition coefficient (Wildman–Crippen LogP) is 4.21. The largest absolute Gasteiger partial charge is 0.219 e. The Morgan fingerprint density at radius 1 is 0.826 bits per heavy atom. The maximum atomic E-state index is 8.65. The van der Waals surface area contributed by atoms with Crippen LogP contribution in [0.3, 0.4) is 0 Å². The lowest BCUT2D eigenvalue weighted by Crippen LogP contribution is -1.99. The molecule has 0 aliphatic rings. The molecule has 0 radical (unpaired) electrons. The van der Waals surface area contributed by atoms with Gasteiger partial charge in [-0.1, -0.05) is 72.4 Å². The summed E-state index contributed by atoms with van der Waals surface area (Å²) in [5, 5.41) is 17.8. The third-order valence-corrected chi connectivity index (χ3v) is 4.05. The van der Waals surface area contributed by atoms with E-state index in [2.05, 4.69) is 21.3 Å². The SMILES string of the molecule is N#CCCSc1nnc(-c2ccccc2)c(-c2ccccc2)n1. The molecule has 0 spiro atoms. The number of hydrogen-bond donors (Lipinski definition) is 0. The molecule has 0 N–H and O–H groups in total. The molecule has 112 valence electrons. The van der Waals surface area contributed by atoms with Gasteiger partial charge in [-0.3, -0.25) is 0 Å². The Bertz CT molecular complexity index is 813. The highest BCUT2D eigenvalue weighted by Gasteiger charge is 2.13. The number of nitrogens with zero attached hydrogens (tertiary/aromatic N) is 4. The Balaban J connectivity index is 2.04. The van der Waals surface area contributed by atoms with E-state index in [1.165, 1.54) is 11.8 Å². The van der Waals surface area contributed by atoms with Gasteiger partial charge in [0.2, 0.25) is 5.16 Å². The van der Waals surface area contributed by atoms with E-state index in [0.29, 0.717) is 17.3 Å². The Kier molecular flexibility index (Phi) is 4.97. The number of benzene rings is 2. The van der Waals surface area contributed by atoms with Crippen LogP contribution in [0.1, 0.15) is 6.42 Å².